The molecular weight excluding hydrogens is 1080 g/mol. The topological polar surface area (TPSA) is 261 Å². The smallest absolute Gasteiger partial charge is 0.312 e. The van der Waals surface area contributed by atoms with Gasteiger partial charge in [-0.05, 0) is 123 Å². The van der Waals surface area contributed by atoms with Crippen LogP contribution < -0.4 is 29.1 Å². The summed E-state index contributed by atoms with van der Waals surface area (Å²) in [5.74, 6) is -1.41. The predicted octanol–water partition coefficient (Wildman–Crippen LogP) is 10.1. The monoisotopic (exact) mass is 1150 g/mol. The molecule has 1 spiro atoms. The van der Waals surface area contributed by atoms with E-state index in [1.807, 2.05) is 24.3 Å². The van der Waals surface area contributed by atoms with Gasteiger partial charge >= 0.3 is 5.69 Å². The van der Waals surface area contributed by atoms with Gasteiger partial charge in [0, 0.05) is 99.9 Å². The van der Waals surface area contributed by atoms with Crippen LogP contribution in [0.25, 0.3) is 11.0 Å². The molecule has 81 heavy (non-hydrogen) atoms. The van der Waals surface area contributed by atoms with Crippen LogP contribution in [-0.4, -0.2) is 117 Å². The second-order valence-corrected chi connectivity index (χ2v) is 26.6. The van der Waals surface area contributed by atoms with Crippen LogP contribution in [0.15, 0.2) is 96.2 Å². The standard InChI is InChI=1S/C58H72FN11O9S2/c1-6-78-56-52(29-47-48(59)34-63-53(47)64-56)79-51-27-41(15-16-46(51)55(71)66-81(76,77)43-28-49(70(73)74)54(62-33-43)61-32-38-17-19-57(4,72)20-18-38)68-23-21-58(22-24-68)30-42(31-58)69-26-25-67(35-39-11-13-40(14-12-39)65-80(5,60)75)36-50(69)45-10-8-7-9-44(45)37(2)3/h7-16,27-29,33-34,37-38,42,50,72H,6,17-26,30-32,35-36H2,1-5H3,(H,61,62)(H,63,64)(H,66,71)(H2,60,65,75)/t38?,50-,57?,80?/m0/s1. The quantitative estimate of drug-likeness (QED) is 0.0326. The van der Waals surface area contributed by atoms with E-state index in [9.17, 15) is 32.6 Å². The maximum Gasteiger partial charge on any atom is 0.312 e. The second kappa shape index (κ2) is 23.1. The molecule has 10 rings (SSSR count). The van der Waals surface area contributed by atoms with Crippen LogP contribution in [0.3, 0.4) is 0 Å². The van der Waals surface area contributed by atoms with E-state index in [0.717, 1.165) is 75.9 Å². The second-order valence-electron chi connectivity index (χ2n) is 23.1. The molecule has 0 radical (unpaired) electrons. The number of pyridine rings is 2. The third kappa shape index (κ3) is 13.1. The highest BCUT2D eigenvalue weighted by molar-refractivity contribution is 7.93. The van der Waals surface area contributed by atoms with Crippen LogP contribution in [0.1, 0.15) is 118 Å². The number of nitrogens with one attached hydrogen (secondary N) is 5. The lowest BCUT2D eigenvalue weighted by molar-refractivity contribution is -0.384. The summed E-state index contributed by atoms with van der Waals surface area (Å²) in [7, 11) is -7.64. The van der Waals surface area contributed by atoms with E-state index in [4.69, 9.17) is 14.3 Å². The number of anilines is 3. The van der Waals surface area contributed by atoms with Gasteiger partial charge in [-0.15, -0.1) is 0 Å². The molecule has 4 aliphatic rings. The average Bonchev–Trinajstić information content (AvgIpc) is 3.79. The fraction of sp³-hybridized carbons (Fsp3) is 0.466. The fourth-order valence-electron chi connectivity index (χ4n) is 12.3. The molecule has 5 heterocycles. The molecule has 3 aromatic carbocycles. The molecule has 432 valence electrons. The Balaban J connectivity index is 0.855. The molecule has 1 amide bonds. The van der Waals surface area contributed by atoms with Gasteiger partial charge in [0.2, 0.25) is 5.82 Å². The zero-order valence-corrected chi connectivity index (χ0v) is 48.0. The first-order chi connectivity index (χ1) is 38.5. The number of carbonyl (C=O) groups is 1. The van der Waals surface area contributed by atoms with Crippen molar-refractivity contribution in [2.45, 2.75) is 114 Å². The number of piperidine rings is 1. The number of aliphatic hydroxyl groups is 1. The lowest BCUT2D eigenvalue weighted by Crippen LogP contribution is -2.60. The lowest BCUT2D eigenvalue weighted by atomic mass is 9.59. The first kappa shape index (κ1) is 57.3. The Bertz CT molecular complexity index is 3520. The number of fused-ring (bicyclic) bond motifs is 1. The number of amides is 1. The number of hydrogen-bond donors (Lipinski definition) is 6. The Hall–Kier alpha value is -6.92. The molecule has 2 saturated carbocycles. The van der Waals surface area contributed by atoms with Crippen molar-refractivity contribution in [3.8, 4) is 17.4 Å². The number of sulfonamides is 1. The van der Waals surface area contributed by atoms with Gasteiger partial charge in [0.05, 0.1) is 34.3 Å². The third-order valence-electron chi connectivity index (χ3n) is 16.7. The van der Waals surface area contributed by atoms with E-state index >= 15 is 4.39 Å². The zero-order chi connectivity index (χ0) is 57.4. The van der Waals surface area contributed by atoms with Gasteiger partial charge in [0.1, 0.15) is 32.0 Å². The fourth-order valence-corrected chi connectivity index (χ4v) is 13.8. The summed E-state index contributed by atoms with van der Waals surface area (Å²) in [4.78, 5) is 44.0. The number of carbonyl (C=O) groups excluding carboxylic acids is 1. The molecule has 4 fully saturated rings. The van der Waals surface area contributed by atoms with E-state index in [1.54, 1.807) is 26.0 Å². The summed E-state index contributed by atoms with van der Waals surface area (Å²) < 4.78 is 79.8. The molecule has 2 saturated heterocycles. The summed E-state index contributed by atoms with van der Waals surface area (Å²) in [5, 5.41) is 25.7. The molecule has 23 heteroatoms. The summed E-state index contributed by atoms with van der Waals surface area (Å²) in [6.07, 6.45) is 10.0. The average molecular weight is 1150 g/mol. The summed E-state index contributed by atoms with van der Waals surface area (Å²) >= 11 is 0. The minimum Gasteiger partial charge on any atom is -0.475 e. The SMILES string of the molecule is CCOc1nc2[nH]cc(F)c2cc1Oc1cc(N2CCC3(CC2)CC(N2CCN(Cc4ccc(NS(C)(=N)=O)cc4)C[C@H]2c2ccccc2C(C)C)C3)ccc1C(=O)NS(=O)(=O)c1cnc(NCC2CCC(C)(O)CC2)c([N+](=O)[O-])c1. The number of aromatic nitrogens is 3. The van der Waals surface area contributed by atoms with Gasteiger partial charge in [-0.1, -0.05) is 50.2 Å². The van der Waals surface area contributed by atoms with E-state index in [2.05, 4.69) is 82.5 Å². The number of nitro groups is 1. The van der Waals surface area contributed by atoms with E-state index < -0.39 is 52.8 Å². The summed E-state index contributed by atoms with van der Waals surface area (Å²) in [5.41, 5.74) is 4.04. The highest BCUT2D eigenvalue weighted by Gasteiger charge is 2.50. The number of rotatable bonds is 19. The molecule has 6 N–H and O–H groups in total. The van der Waals surface area contributed by atoms with Crippen LogP contribution in [-0.2, 0) is 26.5 Å². The molecule has 0 bridgehead atoms. The van der Waals surface area contributed by atoms with Gasteiger partial charge < -0.3 is 29.8 Å². The number of aromatic amines is 1. The Morgan fingerprint density at radius 3 is 2.41 bits per heavy atom. The largest absolute Gasteiger partial charge is 0.475 e. The number of halogens is 1. The molecule has 1 unspecified atom stereocenters. The van der Waals surface area contributed by atoms with Crippen LogP contribution in [0.4, 0.5) is 27.3 Å². The number of hydrogen-bond acceptors (Lipinski definition) is 16. The molecular formula is C58H72FN11O9S2. The Morgan fingerprint density at radius 2 is 1.72 bits per heavy atom. The van der Waals surface area contributed by atoms with E-state index in [0.29, 0.717) is 68.7 Å². The van der Waals surface area contributed by atoms with Gasteiger partial charge in [0.25, 0.3) is 21.8 Å². The number of nitrogens with zero attached hydrogens (tertiary/aromatic N) is 6. The number of benzene rings is 3. The van der Waals surface area contributed by atoms with Crippen molar-refractivity contribution in [2.24, 2.45) is 11.3 Å². The number of ether oxygens (including phenoxy) is 2. The van der Waals surface area contributed by atoms with Crippen LogP contribution in [0, 0.1) is 32.0 Å². The van der Waals surface area contributed by atoms with Crippen molar-refractivity contribution in [3.05, 3.63) is 129 Å². The maximum atomic E-state index is 15.0. The van der Waals surface area contributed by atoms with Gasteiger partial charge in [0.15, 0.2) is 5.75 Å². The molecule has 2 atom stereocenters. The summed E-state index contributed by atoms with van der Waals surface area (Å²) in [6.45, 7) is 13.4. The molecule has 2 aliphatic heterocycles. The zero-order valence-electron chi connectivity index (χ0n) is 46.4. The Labute approximate surface area is 472 Å². The Kier molecular flexibility index (Phi) is 16.4. The molecule has 2 aliphatic carbocycles. The van der Waals surface area contributed by atoms with Crippen LogP contribution >= 0.6 is 0 Å². The Morgan fingerprint density at radius 1 is 0.988 bits per heavy atom. The van der Waals surface area contributed by atoms with E-state index in [-0.39, 0.29) is 63.8 Å². The minimum absolute atomic E-state index is 0.00859. The van der Waals surface area contributed by atoms with E-state index in [1.165, 1.54) is 29.5 Å². The van der Waals surface area contributed by atoms with Crippen molar-refractivity contribution < 1.29 is 41.3 Å². The van der Waals surface area contributed by atoms with Crippen molar-refractivity contribution >= 4 is 59.8 Å². The van der Waals surface area contributed by atoms with Crippen molar-refractivity contribution in [3.63, 3.8) is 0 Å². The van der Waals surface area contributed by atoms with Crippen LogP contribution in [0.2, 0.25) is 0 Å². The highest BCUT2D eigenvalue weighted by Crippen LogP contribution is 2.54. The van der Waals surface area contributed by atoms with Crippen molar-refractivity contribution in [2.75, 3.05) is 67.1 Å². The first-order valence-electron chi connectivity index (χ1n) is 27.8. The molecule has 6 aromatic rings. The summed E-state index contributed by atoms with van der Waals surface area (Å²) in [6, 6.07) is 24.4. The van der Waals surface area contributed by atoms with Gasteiger partial charge in [-0.3, -0.25) is 29.4 Å². The number of piperazine rings is 1. The molecule has 3 aromatic heterocycles. The molecule has 20 nitrogen and oxygen atoms in total. The number of H-pyrrole nitrogens is 1. The normalized spacial score (nSPS) is 21.6. The van der Waals surface area contributed by atoms with Gasteiger partial charge in [-0.25, -0.2) is 31.5 Å². The lowest BCUT2D eigenvalue weighted by Gasteiger charge is -2.58. The minimum atomic E-state index is -4.76. The highest BCUT2D eigenvalue weighted by atomic mass is 32.2. The van der Waals surface area contributed by atoms with Crippen molar-refractivity contribution in [1.82, 2.24) is 29.5 Å². The van der Waals surface area contributed by atoms with Crippen molar-refractivity contribution in [1.29, 1.82) is 4.78 Å². The maximum absolute atomic E-state index is 15.0. The van der Waals surface area contributed by atoms with Gasteiger partial charge in [-0.2, -0.15) is 4.98 Å². The third-order valence-corrected chi connectivity index (χ3v) is 18.6. The van der Waals surface area contributed by atoms with Crippen LogP contribution in [0.5, 0.6) is 17.4 Å². The first-order valence-corrected chi connectivity index (χ1v) is 31.2. The predicted molar refractivity (Wildman–Crippen MR) is 309 cm³/mol.